The van der Waals surface area contributed by atoms with Gasteiger partial charge in [0.25, 0.3) is 0 Å². The van der Waals surface area contributed by atoms with Gasteiger partial charge in [0.05, 0.1) is 18.6 Å². The summed E-state index contributed by atoms with van der Waals surface area (Å²) in [7, 11) is 1.28. The molecule has 1 aromatic carbocycles. The molecule has 294 valence electrons. The van der Waals surface area contributed by atoms with Gasteiger partial charge in [-0.25, -0.2) is 4.79 Å². The molecule has 1 heterocycles. The van der Waals surface area contributed by atoms with Crippen LogP contribution in [0.5, 0.6) is 11.5 Å². The van der Waals surface area contributed by atoms with Crippen LogP contribution in [0.15, 0.2) is 18.2 Å². The van der Waals surface area contributed by atoms with Crippen LogP contribution >= 0.6 is 0 Å². The number of rotatable bonds is 14. The maximum absolute atomic E-state index is 13.6. The third-order valence-electron chi connectivity index (χ3n) is 7.98. The summed E-state index contributed by atoms with van der Waals surface area (Å²) < 4.78 is 61.1. The first-order valence-electron chi connectivity index (χ1n) is 16.4. The van der Waals surface area contributed by atoms with Crippen molar-refractivity contribution < 1.29 is 90.8 Å². The van der Waals surface area contributed by atoms with Gasteiger partial charge in [0.2, 0.25) is 5.79 Å². The van der Waals surface area contributed by atoms with E-state index in [9.17, 15) is 38.7 Å². The minimum absolute atomic E-state index is 0.0151. The van der Waals surface area contributed by atoms with Gasteiger partial charge in [-0.15, -0.1) is 0 Å². The van der Waals surface area contributed by atoms with E-state index in [0.29, 0.717) is 0 Å². The van der Waals surface area contributed by atoms with E-state index >= 15 is 0 Å². The zero-order chi connectivity index (χ0) is 39.8. The van der Waals surface area contributed by atoms with Gasteiger partial charge < -0.3 is 57.2 Å². The summed E-state index contributed by atoms with van der Waals surface area (Å²) >= 11 is 0. The first kappa shape index (κ1) is 42.6. The Kier molecular flexibility index (Phi) is 14.7. The lowest BCUT2D eigenvalue weighted by Crippen LogP contribution is -2.64. The van der Waals surface area contributed by atoms with Crippen molar-refractivity contribution in [1.82, 2.24) is 0 Å². The monoisotopic (exact) mass is 756 g/mol. The Hall–Kier alpha value is -4.85. The standard InChI is InChI=1S/C34H44O19/c1-10-45-34(42)15(2)26(52-32(41)22-11-12-23(46-17(4)36)24(13-22)43-9)29(49-20(7)39)31(34)53-33-30(50-21(8)40)28(48-19(6)38)27(47-18(5)37)25(51-33)14-44-16(3)35/h11-13,15,25-31,33,42H,10,14H2,1-9H3/t15-,25+,26+,27+,28-,29+,30+,31+,33-,34-/m0/s1. The third-order valence-corrected chi connectivity index (χ3v) is 7.98. The predicted molar refractivity (Wildman–Crippen MR) is 172 cm³/mol. The van der Waals surface area contributed by atoms with Crippen LogP contribution in [0.4, 0.5) is 0 Å². The van der Waals surface area contributed by atoms with E-state index in [4.69, 9.17) is 52.1 Å². The summed E-state index contributed by atoms with van der Waals surface area (Å²) in [5.74, 6) is -9.57. The Morgan fingerprint density at radius 1 is 0.717 bits per heavy atom. The molecule has 0 aromatic heterocycles. The lowest BCUT2D eigenvalue weighted by molar-refractivity contribution is -0.355. The van der Waals surface area contributed by atoms with Crippen molar-refractivity contribution in [2.24, 2.45) is 5.92 Å². The molecular weight excluding hydrogens is 712 g/mol. The SMILES string of the molecule is CCO[C@]1(O)[C@H](O[C@@H]2O[C@H](COC(C)=O)[C@@H](OC(C)=O)[C@H](OC(C)=O)[C@H]2OC(C)=O)[C@H](OC(C)=O)[C@H](OC(=O)c2ccc(OC(C)=O)c(OC)c2)[C@@H]1C. The molecule has 19 nitrogen and oxygen atoms in total. The Morgan fingerprint density at radius 3 is 1.81 bits per heavy atom. The number of hydrogen-bond donors (Lipinski definition) is 1. The molecule has 1 N–H and O–H groups in total. The number of hydrogen-bond acceptors (Lipinski definition) is 19. The van der Waals surface area contributed by atoms with E-state index in [-0.39, 0.29) is 23.7 Å². The largest absolute Gasteiger partial charge is 0.493 e. The summed E-state index contributed by atoms with van der Waals surface area (Å²) in [6.45, 7) is 8.65. The second-order valence-electron chi connectivity index (χ2n) is 12.0. The summed E-state index contributed by atoms with van der Waals surface area (Å²) in [6, 6.07) is 3.82. The molecule has 53 heavy (non-hydrogen) atoms. The number of benzene rings is 1. The fraction of sp³-hybridized carbons (Fsp3) is 0.618. The summed E-state index contributed by atoms with van der Waals surface area (Å²) in [4.78, 5) is 86.2. The van der Waals surface area contributed by atoms with Gasteiger partial charge in [0, 0.05) is 48.1 Å². The molecule has 1 aliphatic heterocycles. The van der Waals surface area contributed by atoms with Crippen molar-refractivity contribution in [3.8, 4) is 11.5 Å². The highest BCUT2D eigenvalue weighted by molar-refractivity contribution is 5.90. The number of aliphatic hydroxyl groups is 1. The van der Waals surface area contributed by atoms with E-state index in [0.717, 1.165) is 34.6 Å². The number of esters is 7. The molecule has 19 heteroatoms. The molecule has 1 aromatic rings. The summed E-state index contributed by atoms with van der Waals surface area (Å²) in [6.07, 6.45) is -13.1. The number of methoxy groups -OCH3 is 1. The molecule has 1 saturated carbocycles. The molecule has 3 rings (SSSR count). The predicted octanol–water partition coefficient (Wildman–Crippen LogP) is 0.921. The van der Waals surface area contributed by atoms with Crippen LogP contribution in [0, 0.1) is 5.92 Å². The van der Waals surface area contributed by atoms with Crippen molar-refractivity contribution in [2.45, 2.75) is 110 Å². The Balaban J connectivity index is 2.12. The van der Waals surface area contributed by atoms with Gasteiger partial charge in [-0.05, 0) is 25.1 Å². The summed E-state index contributed by atoms with van der Waals surface area (Å²) in [5.41, 5.74) is -0.0876. The van der Waals surface area contributed by atoms with Gasteiger partial charge >= 0.3 is 41.8 Å². The van der Waals surface area contributed by atoms with Crippen LogP contribution < -0.4 is 9.47 Å². The fourth-order valence-electron chi connectivity index (χ4n) is 5.96. The second-order valence-corrected chi connectivity index (χ2v) is 12.0. The molecule has 0 spiro atoms. The molecule has 10 atom stereocenters. The van der Waals surface area contributed by atoms with Crippen molar-refractivity contribution >= 4 is 41.8 Å². The molecule has 1 saturated heterocycles. The first-order chi connectivity index (χ1) is 24.8. The van der Waals surface area contributed by atoms with Gasteiger partial charge in [0.1, 0.15) is 18.8 Å². The molecular formula is C34H44O19. The van der Waals surface area contributed by atoms with Crippen molar-refractivity contribution in [2.75, 3.05) is 20.3 Å². The van der Waals surface area contributed by atoms with E-state index in [1.165, 1.54) is 46.1 Å². The smallest absolute Gasteiger partial charge is 0.338 e. The quantitative estimate of drug-likeness (QED) is 0.120. The number of ether oxygens (including phenoxy) is 11. The zero-order valence-corrected chi connectivity index (χ0v) is 30.6. The number of carbonyl (C=O) groups excluding carboxylic acids is 7. The third kappa shape index (κ3) is 10.6. The van der Waals surface area contributed by atoms with Gasteiger partial charge in [-0.3, -0.25) is 28.8 Å². The first-order valence-corrected chi connectivity index (χ1v) is 16.4. The highest BCUT2D eigenvalue weighted by Gasteiger charge is 2.65. The van der Waals surface area contributed by atoms with Crippen molar-refractivity contribution in [3.05, 3.63) is 23.8 Å². The maximum Gasteiger partial charge on any atom is 0.338 e. The van der Waals surface area contributed by atoms with E-state index in [2.05, 4.69) is 0 Å². The highest BCUT2D eigenvalue weighted by atomic mass is 16.8. The number of carbonyl (C=O) groups is 7. The van der Waals surface area contributed by atoms with Crippen LogP contribution in [-0.2, 0) is 71.4 Å². The normalized spacial score (nSPS) is 29.2. The van der Waals surface area contributed by atoms with Gasteiger partial charge in [-0.2, -0.15) is 0 Å². The maximum atomic E-state index is 13.6. The van der Waals surface area contributed by atoms with Crippen LogP contribution in [0.25, 0.3) is 0 Å². The summed E-state index contributed by atoms with van der Waals surface area (Å²) in [5, 5.41) is 12.1. The van der Waals surface area contributed by atoms with Gasteiger partial charge in [0.15, 0.2) is 48.3 Å². The van der Waals surface area contributed by atoms with Crippen LogP contribution in [0.3, 0.4) is 0 Å². The molecule has 0 bridgehead atoms. The lowest BCUT2D eigenvalue weighted by atomic mass is 9.97. The van der Waals surface area contributed by atoms with Crippen LogP contribution in [-0.4, -0.2) is 122 Å². The van der Waals surface area contributed by atoms with Gasteiger partial charge in [-0.1, -0.05) is 6.92 Å². The van der Waals surface area contributed by atoms with Crippen molar-refractivity contribution in [1.29, 1.82) is 0 Å². The van der Waals surface area contributed by atoms with Crippen LogP contribution in [0.1, 0.15) is 65.7 Å². The molecule has 1 aliphatic carbocycles. The molecule has 0 unspecified atom stereocenters. The molecule has 2 aliphatic rings. The zero-order valence-electron chi connectivity index (χ0n) is 30.6. The lowest BCUT2D eigenvalue weighted by Gasteiger charge is -2.45. The second kappa shape index (κ2) is 18.3. The minimum Gasteiger partial charge on any atom is -0.493 e. The van der Waals surface area contributed by atoms with Crippen LogP contribution in [0.2, 0.25) is 0 Å². The van der Waals surface area contributed by atoms with E-state index in [1.807, 2.05) is 0 Å². The molecule has 0 radical (unpaired) electrons. The Morgan fingerprint density at radius 2 is 1.28 bits per heavy atom. The Labute approximate surface area is 304 Å². The highest BCUT2D eigenvalue weighted by Crippen LogP contribution is 2.45. The topological polar surface area (TPSA) is 241 Å². The minimum atomic E-state index is -2.42. The average Bonchev–Trinajstić information content (AvgIpc) is 3.22. The molecule has 2 fully saturated rings. The molecule has 0 amide bonds. The Bertz CT molecular complexity index is 1540. The average molecular weight is 757 g/mol. The van der Waals surface area contributed by atoms with E-state index in [1.54, 1.807) is 0 Å². The van der Waals surface area contributed by atoms with E-state index < -0.39 is 109 Å². The van der Waals surface area contributed by atoms with Crippen molar-refractivity contribution in [3.63, 3.8) is 0 Å². The fourth-order valence-corrected chi connectivity index (χ4v) is 5.96.